The van der Waals surface area contributed by atoms with Gasteiger partial charge in [0.15, 0.2) is 0 Å². The van der Waals surface area contributed by atoms with Crippen LogP contribution in [0.3, 0.4) is 0 Å². The molecule has 17 heavy (non-hydrogen) atoms. The maximum absolute atomic E-state index is 10.0. The van der Waals surface area contributed by atoms with Crippen molar-refractivity contribution in [2.75, 3.05) is 0 Å². The molecule has 0 fully saturated rings. The van der Waals surface area contributed by atoms with Gasteiger partial charge < -0.3 is 5.11 Å². The maximum Gasteiger partial charge on any atom is 0.119 e. The number of rotatable bonds is 6. The number of aromatic hydroxyl groups is 1. The summed E-state index contributed by atoms with van der Waals surface area (Å²) in [5.74, 6) is 1.80. The van der Waals surface area contributed by atoms with E-state index >= 15 is 0 Å². The summed E-state index contributed by atoms with van der Waals surface area (Å²) in [7, 11) is 0. The molecule has 0 saturated carbocycles. The molecule has 0 radical (unpaired) electrons. The summed E-state index contributed by atoms with van der Waals surface area (Å²) in [6, 6.07) is 5.95. The Bertz CT molecular complexity index is 343. The summed E-state index contributed by atoms with van der Waals surface area (Å²) in [6.07, 6.45) is 4.43. The number of hydrogen-bond acceptors (Lipinski definition) is 1. The van der Waals surface area contributed by atoms with Gasteiger partial charge in [-0.3, -0.25) is 0 Å². The van der Waals surface area contributed by atoms with Crippen LogP contribution in [0, 0.1) is 11.8 Å². The highest BCUT2D eigenvalue weighted by molar-refractivity contribution is 5.39. The van der Waals surface area contributed by atoms with E-state index in [1.807, 2.05) is 12.1 Å². The zero-order valence-corrected chi connectivity index (χ0v) is 11.7. The van der Waals surface area contributed by atoms with Crippen LogP contribution in [0.25, 0.3) is 0 Å². The number of phenols is 1. The molecule has 1 N–H and O–H groups in total. The molecular formula is C16H26O. The van der Waals surface area contributed by atoms with Crippen LogP contribution in [0.1, 0.15) is 51.7 Å². The van der Waals surface area contributed by atoms with Crippen molar-refractivity contribution < 1.29 is 5.11 Å². The highest BCUT2D eigenvalue weighted by Crippen LogP contribution is 2.27. The molecule has 0 bridgehead atoms. The Hall–Kier alpha value is -0.980. The molecular weight excluding hydrogens is 208 g/mol. The second-order valence-electron chi connectivity index (χ2n) is 5.35. The third kappa shape index (κ3) is 4.07. The first-order chi connectivity index (χ1) is 8.08. The molecule has 1 nitrogen and oxygen atoms in total. The molecule has 2 atom stereocenters. The van der Waals surface area contributed by atoms with Crippen LogP contribution in [0.15, 0.2) is 18.2 Å². The van der Waals surface area contributed by atoms with Crippen molar-refractivity contribution in [2.45, 2.75) is 53.4 Å². The van der Waals surface area contributed by atoms with Crippen LogP contribution in [-0.4, -0.2) is 5.11 Å². The lowest BCUT2D eigenvalue weighted by Gasteiger charge is -2.17. The highest BCUT2D eigenvalue weighted by Gasteiger charge is 2.12. The van der Waals surface area contributed by atoms with Crippen molar-refractivity contribution in [3.8, 4) is 5.75 Å². The van der Waals surface area contributed by atoms with Crippen LogP contribution in [-0.2, 0) is 12.8 Å². The van der Waals surface area contributed by atoms with Gasteiger partial charge in [-0.2, -0.15) is 0 Å². The van der Waals surface area contributed by atoms with Crippen LogP contribution < -0.4 is 0 Å². The van der Waals surface area contributed by atoms with Crippen LogP contribution in [0.4, 0.5) is 0 Å². The van der Waals surface area contributed by atoms with Gasteiger partial charge in [0.1, 0.15) is 5.75 Å². The fourth-order valence-corrected chi connectivity index (χ4v) is 2.06. The first kappa shape index (κ1) is 14.1. The topological polar surface area (TPSA) is 20.2 Å². The fraction of sp³-hybridized carbons (Fsp3) is 0.625. The van der Waals surface area contributed by atoms with Gasteiger partial charge in [-0.05, 0) is 41.9 Å². The van der Waals surface area contributed by atoms with E-state index in [1.165, 1.54) is 17.5 Å². The zero-order chi connectivity index (χ0) is 12.8. The van der Waals surface area contributed by atoms with Crippen molar-refractivity contribution in [1.82, 2.24) is 0 Å². The minimum Gasteiger partial charge on any atom is -0.508 e. The van der Waals surface area contributed by atoms with E-state index in [0.29, 0.717) is 17.6 Å². The molecule has 1 rings (SSSR count). The Balaban J connectivity index is 2.91. The van der Waals surface area contributed by atoms with E-state index in [-0.39, 0.29) is 0 Å². The lowest BCUT2D eigenvalue weighted by atomic mass is 9.89. The molecule has 0 spiro atoms. The Labute approximate surface area is 106 Å². The van der Waals surface area contributed by atoms with E-state index in [0.717, 1.165) is 19.3 Å². The quantitative estimate of drug-likeness (QED) is 0.764. The average Bonchev–Trinajstić information content (AvgIpc) is 2.33. The first-order valence-electron chi connectivity index (χ1n) is 6.88. The smallest absolute Gasteiger partial charge is 0.119 e. The average molecular weight is 234 g/mol. The van der Waals surface area contributed by atoms with Gasteiger partial charge in [0, 0.05) is 0 Å². The van der Waals surface area contributed by atoms with Crippen LogP contribution >= 0.6 is 0 Å². The van der Waals surface area contributed by atoms with E-state index in [9.17, 15) is 5.11 Å². The van der Waals surface area contributed by atoms with Gasteiger partial charge >= 0.3 is 0 Å². The minimum atomic E-state index is 0.478. The van der Waals surface area contributed by atoms with Crippen molar-refractivity contribution in [3.63, 3.8) is 0 Å². The van der Waals surface area contributed by atoms with Gasteiger partial charge in [0.2, 0.25) is 0 Å². The molecule has 96 valence electrons. The van der Waals surface area contributed by atoms with Crippen molar-refractivity contribution in [1.29, 1.82) is 0 Å². The summed E-state index contributed by atoms with van der Waals surface area (Å²) >= 11 is 0. The van der Waals surface area contributed by atoms with Gasteiger partial charge in [0.25, 0.3) is 0 Å². The summed E-state index contributed by atoms with van der Waals surface area (Å²) in [5, 5.41) is 10.0. The zero-order valence-electron chi connectivity index (χ0n) is 11.7. The second-order valence-corrected chi connectivity index (χ2v) is 5.35. The first-order valence-corrected chi connectivity index (χ1v) is 6.88. The van der Waals surface area contributed by atoms with Crippen molar-refractivity contribution in [3.05, 3.63) is 29.3 Å². The Morgan fingerprint density at radius 3 is 2.18 bits per heavy atom. The third-order valence-corrected chi connectivity index (χ3v) is 3.76. The largest absolute Gasteiger partial charge is 0.508 e. The predicted molar refractivity (Wildman–Crippen MR) is 74.4 cm³/mol. The molecule has 0 aliphatic rings. The summed E-state index contributed by atoms with van der Waals surface area (Å²) in [6.45, 7) is 8.96. The van der Waals surface area contributed by atoms with Crippen molar-refractivity contribution in [2.24, 2.45) is 11.8 Å². The molecule has 0 aliphatic heterocycles. The molecule has 0 heterocycles. The summed E-state index contributed by atoms with van der Waals surface area (Å²) in [4.78, 5) is 0. The number of benzene rings is 1. The summed E-state index contributed by atoms with van der Waals surface area (Å²) < 4.78 is 0. The molecule has 2 unspecified atom stereocenters. The SMILES string of the molecule is CCC(C)Cc1cccc(O)c1CC(C)CC. The lowest BCUT2D eigenvalue weighted by Crippen LogP contribution is -2.05. The Kier molecular flexibility index (Phi) is 5.54. The molecule has 0 amide bonds. The highest BCUT2D eigenvalue weighted by atomic mass is 16.3. The standard InChI is InChI=1S/C16H26O/c1-5-12(3)10-14-8-7-9-16(17)15(14)11-13(4)6-2/h7-9,12-13,17H,5-6,10-11H2,1-4H3. The van der Waals surface area contributed by atoms with Gasteiger partial charge in [-0.15, -0.1) is 0 Å². The molecule has 0 aliphatic carbocycles. The molecule has 0 saturated heterocycles. The van der Waals surface area contributed by atoms with Crippen LogP contribution in [0.5, 0.6) is 5.75 Å². The molecule has 1 aromatic carbocycles. The van der Waals surface area contributed by atoms with E-state index in [4.69, 9.17) is 0 Å². The maximum atomic E-state index is 10.0. The van der Waals surface area contributed by atoms with Gasteiger partial charge in [-0.1, -0.05) is 52.7 Å². The predicted octanol–water partition coefficient (Wildman–Crippen LogP) is 4.57. The molecule has 1 aromatic rings. The normalized spacial score (nSPS) is 14.6. The van der Waals surface area contributed by atoms with Gasteiger partial charge in [-0.25, -0.2) is 0 Å². The molecule has 1 heteroatoms. The van der Waals surface area contributed by atoms with Gasteiger partial charge in [0.05, 0.1) is 0 Å². The Morgan fingerprint density at radius 1 is 1.00 bits per heavy atom. The van der Waals surface area contributed by atoms with Crippen LogP contribution in [0.2, 0.25) is 0 Å². The van der Waals surface area contributed by atoms with Crippen molar-refractivity contribution >= 4 is 0 Å². The second kappa shape index (κ2) is 6.68. The fourth-order valence-electron chi connectivity index (χ4n) is 2.06. The van der Waals surface area contributed by atoms with E-state index in [1.54, 1.807) is 0 Å². The third-order valence-electron chi connectivity index (χ3n) is 3.76. The Morgan fingerprint density at radius 2 is 1.59 bits per heavy atom. The van der Waals surface area contributed by atoms with E-state index in [2.05, 4.69) is 33.8 Å². The van der Waals surface area contributed by atoms with E-state index < -0.39 is 0 Å². The lowest BCUT2D eigenvalue weighted by molar-refractivity contribution is 0.453. The number of phenolic OH excluding ortho intramolecular Hbond substituents is 1. The summed E-state index contributed by atoms with van der Waals surface area (Å²) in [5.41, 5.74) is 2.50. The number of hydrogen-bond donors (Lipinski definition) is 1. The minimum absolute atomic E-state index is 0.478. The molecule has 0 aromatic heterocycles. The monoisotopic (exact) mass is 234 g/mol.